The normalized spacial score (nSPS) is 15.0. The summed E-state index contributed by atoms with van der Waals surface area (Å²) in [6.45, 7) is 3.88. The minimum atomic E-state index is -4.69. The lowest BCUT2D eigenvalue weighted by atomic mass is 10.1. The highest BCUT2D eigenvalue weighted by Crippen LogP contribution is 2.38. The second-order valence-electron chi connectivity index (χ2n) is 17.5. The third-order valence-electron chi connectivity index (χ3n) is 10.2. The number of carbonyl (C=O) groups is 2. The first-order chi connectivity index (χ1) is 29.8. The summed E-state index contributed by atoms with van der Waals surface area (Å²) >= 11 is 0. The average molecular weight is 896 g/mol. The Morgan fingerprint density at radius 3 is 1.66 bits per heavy atom. The second-order valence-corrected chi connectivity index (χ2v) is 18.9. The summed E-state index contributed by atoms with van der Waals surface area (Å²) < 4.78 is 33.8. The van der Waals surface area contributed by atoms with Gasteiger partial charge in [0.25, 0.3) is 7.82 Å². The largest absolute Gasteiger partial charge is 0.756 e. The maximum Gasteiger partial charge on any atom is 0.306 e. The fourth-order valence-electron chi connectivity index (χ4n) is 6.31. The highest BCUT2D eigenvalue weighted by molar-refractivity contribution is 7.45. The Bertz CT molecular complexity index is 1270. The van der Waals surface area contributed by atoms with Gasteiger partial charge in [0.15, 0.2) is 6.10 Å². The minimum absolute atomic E-state index is 0.0147. The highest BCUT2D eigenvalue weighted by atomic mass is 31.2. The zero-order valence-electron chi connectivity index (χ0n) is 39.8. The molecule has 0 aromatic rings. The van der Waals surface area contributed by atoms with Gasteiger partial charge in [0.05, 0.1) is 40.0 Å². The van der Waals surface area contributed by atoms with Gasteiger partial charge in [0.1, 0.15) is 19.8 Å². The molecule has 0 radical (unpaired) electrons. The number of quaternary nitrogens is 1. The van der Waals surface area contributed by atoms with E-state index in [4.69, 9.17) is 18.5 Å². The van der Waals surface area contributed by atoms with Crippen LogP contribution in [0.3, 0.4) is 0 Å². The van der Waals surface area contributed by atoms with E-state index in [1.54, 1.807) is 36.5 Å². The molecule has 0 saturated heterocycles. The smallest absolute Gasteiger partial charge is 0.306 e. The Hall–Kier alpha value is -2.37. The van der Waals surface area contributed by atoms with Crippen LogP contribution < -0.4 is 4.89 Å². The molecule has 0 aliphatic carbocycles. The molecule has 4 atom stereocenters. The van der Waals surface area contributed by atoms with Gasteiger partial charge >= 0.3 is 11.9 Å². The van der Waals surface area contributed by atoms with Gasteiger partial charge in [-0.15, -0.1) is 0 Å². The van der Waals surface area contributed by atoms with Crippen LogP contribution in [0.5, 0.6) is 0 Å². The van der Waals surface area contributed by atoms with E-state index >= 15 is 0 Å². The Labute approximate surface area is 378 Å². The number of allylic oxidation sites excluding steroid dienone is 7. The van der Waals surface area contributed by atoms with Crippen molar-refractivity contribution in [3.63, 3.8) is 0 Å². The maximum absolute atomic E-state index is 12.7. The van der Waals surface area contributed by atoms with Crippen LogP contribution in [-0.2, 0) is 32.7 Å². The molecule has 12 heteroatoms. The van der Waals surface area contributed by atoms with Gasteiger partial charge in [-0.05, 0) is 64.2 Å². The fourth-order valence-corrected chi connectivity index (χ4v) is 7.04. The Kier molecular flexibility index (Phi) is 39.8. The molecular formula is C50H90NO10P. The van der Waals surface area contributed by atoms with Crippen molar-refractivity contribution in [1.82, 2.24) is 0 Å². The summed E-state index contributed by atoms with van der Waals surface area (Å²) in [4.78, 5) is 37.7. The summed E-state index contributed by atoms with van der Waals surface area (Å²) in [5.74, 6) is -1.08. The number of aliphatic hydroxyl groups excluding tert-OH is 2. The van der Waals surface area contributed by atoms with Crippen LogP contribution in [0.15, 0.2) is 60.8 Å². The Balaban J connectivity index is 4.53. The number of carbonyl (C=O) groups excluding carboxylic acids is 2. The van der Waals surface area contributed by atoms with Crippen molar-refractivity contribution in [2.75, 3.05) is 47.5 Å². The Morgan fingerprint density at radius 2 is 1.08 bits per heavy atom. The number of phosphoric ester groups is 1. The van der Waals surface area contributed by atoms with Crippen molar-refractivity contribution < 1.29 is 52.3 Å². The highest BCUT2D eigenvalue weighted by Gasteiger charge is 2.22. The monoisotopic (exact) mass is 896 g/mol. The maximum atomic E-state index is 12.7. The van der Waals surface area contributed by atoms with Crippen molar-refractivity contribution in [3.05, 3.63) is 60.8 Å². The number of nitrogens with zero attached hydrogens (tertiary/aromatic N) is 1. The van der Waals surface area contributed by atoms with Crippen molar-refractivity contribution in [2.45, 2.75) is 199 Å². The van der Waals surface area contributed by atoms with Gasteiger partial charge in [-0.1, -0.05) is 164 Å². The molecule has 0 spiro atoms. The summed E-state index contributed by atoms with van der Waals surface area (Å²) in [5.41, 5.74) is 0. The van der Waals surface area contributed by atoms with Crippen molar-refractivity contribution in [3.8, 4) is 0 Å². The number of likely N-dealkylation sites (N-methyl/N-ethyl adjacent to an activating group) is 1. The second kappa shape index (κ2) is 41.3. The zero-order valence-corrected chi connectivity index (χ0v) is 40.7. The van der Waals surface area contributed by atoms with E-state index in [1.807, 2.05) is 27.2 Å². The summed E-state index contributed by atoms with van der Waals surface area (Å²) in [6, 6.07) is 0. The molecule has 0 saturated carbocycles. The number of phosphoric acid groups is 1. The van der Waals surface area contributed by atoms with Gasteiger partial charge in [0, 0.05) is 12.8 Å². The number of esters is 2. The molecule has 1 unspecified atom stereocenters. The van der Waals surface area contributed by atoms with Gasteiger partial charge in [-0.2, -0.15) is 0 Å². The van der Waals surface area contributed by atoms with Crippen LogP contribution in [0.25, 0.3) is 0 Å². The van der Waals surface area contributed by atoms with Crippen LogP contribution in [0, 0.1) is 0 Å². The lowest BCUT2D eigenvalue weighted by molar-refractivity contribution is -0.870. The van der Waals surface area contributed by atoms with Crippen LogP contribution >= 0.6 is 7.82 Å². The molecule has 0 aromatic heterocycles. The van der Waals surface area contributed by atoms with E-state index in [0.717, 1.165) is 25.7 Å². The molecule has 360 valence electrons. The first kappa shape index (κ1) is 59.6. The number of aliphatic hydroxyl groups is 2. The van der Waals surface area contributed by atoms with Crippen molar-refractivity contribution in [1.29, 1.82) is 0 Å². The molecule has 0 aliphatic rings. The third kappa shape index (κ3) is 44.2. The number of hydrogen-bond acceptors (Lipinski definition) is 10. The zero-order chi connectivity index (χ0) is 46.0. The molecule has 0 amide bonds. The molecule has 2 N–H and O–H groups in total. The van der Waals surface area contributed by atoms with Gasteiger partial charge in [-0.3, -0.25) is 14.2 Å². The summed E-state index contributed by atoms with van der Waals surface area (Å²) in [6.07, 6.45) is 43.0. The molecule has 0 aliphatic heterocycles. The predicted octanol–water partition coefficient (Wildman–Crippen LogP) is 11.3. The fraction of sp³-hybridized carbons (Fsp3) is 0.760. The Morgan fingerprint density at radius 1 is 0.597 bits per heavy atom. The molecule has 0 fully saturated rings. The van der Waals surface area contributed by atoms with E-state index in [2.05, 4.69) is 32.1 Å². The quantitative estimate of drug-likeness (QED) is 0.0151. The van der Waals surface area contributed by atoms with E-state index in [9.17, 15) is 29.3 Å². The van der Waals surface area contributed by atoms with Crippen LogP contribution in [0.4, 0.5) is 0 Å². The average Bonchev–Trinajstić information content (AvgIpc) is 3.21. The first-order valence-corrected chi connectivity index (χ1v) is 25.7. The lowest BCUT2D eigenvalue weighted by Gasteiger charge is -2.28. The SMILES string of the molecule is CCCCC/C=C\C[C@@H](O)/C=C/C=C/C=C\[C@@H](O)CCCC(=O)OC[C@H](COP(=O)([O-])OCC[N+](C)(C)C)OC(=O)CCCCCCCCCCC/C=C\CCCCCCCC. The van der Waals surface area contributed by atoms with Gasteiger partial charge < -0.3 is 38.1 Å². The van der Waals surface area contributed by atoms with Crippen molar-refractivity contribution in [2.24, 2.45) is 0 Å². The van der Waals surface area contributed by atoms with Crippen LogP contribution in [-0.4, -0.2) is 92.5 Å². The number of unbranched alkanes of at least 4 members (excludes halogenated alkanes) is 18. The molecule has 0 bridgehead atoms. The summed E-state index contributed by atoms with van der Waals surface area (Å²) in [7, 11) is 1.02. The van der Waals surface area contributed by atoms with E-state index in [-0.39, 0.29) is 26.1 Å². The van der Waals surface area contributed by atoms with E-state index < -0.39 is 44.7 Å². The molecule has 0 heterocycles. The lowest BCUT2D eigenvalue weighted by Crippen LogP contribution is -2.37. The van der Waals surface area contributed by atoms with E-state index in [1.165, 1.54) is 103 Å². The van der Waals surface area contributed by atoms with Crippen LogP contribution in [0.2, 0.25) is 0 Å². The van der Waals surface area contributed by atoms with Crippen LogP contribution in [0.1, 0.15) is 181 Å². The number of ether oxygens (including phenoxy) is 2. The number of rotatable bonds is 43. The van der Waals surface area contributed by atoms with Gasteiger partial charge in [-0.25, -0.2) is 0 Å². The molecule has 11 nitrogen and oxygen atoms in total. The first-order valence-electron chi connectivity index (χ1n) is 24.2. The predicted molar refractivity (Wildman–Crippen MR) is 252 cm³/mol. The minimum Gasteiger partial charge on any atom is -0.756 e. The van der Waals surface area contributed by atoms with Gasteiger partial charge in [0.2, 0.25) is 0 Å². The topological polar surface area (TPSA) is 152 Å². The molecular weight excluding hydrogens is 806 g/mol. The molecule has 0 rings (SSSR count). The van der Waals surface area contributed by atoms with Crippen molar-refractivity contribution >= 4 is 19.8 Å². The standard InChI is InChI=1S/C50H90NO10P/c1-6-8-10-12-14-15-16-17-18-19-20-21-22-23-24-25-26-28-34-40-50(55)61-48(45-60-62(56,57)59-43-42-51(3,4)5)44-58-49(54)41-35-39-47(53)38-33-30-29-32-37-46(52)36-31-27-13-11-9-7-2/h17-18,27,29-33,37-38,46-48,52-53H,6-16,19-26,28,34-36,39-45H2,1-5H3/b18-17-,30-29+,31-27-,37-32+,38-33-/t46-,47-,48-/m1/s1. The molecule has 62 heavy (non-hydrogen) atoms. The molecule has 0 aromatic carbocycles. The third-order valence-corrected chi connectivity index (χ3v) is 11.2. The van der Waals surface area contributed by atoms with E-state index in [0.29, 0.717) is 36.7 Å². The summed E-state index contributed by atoms with van der Waals surface area (Å²) in [5, 5.41) is 20.3. The number of hydrogen-bond donors (Lipinski definition) is 2.